The summed E-state index contributed by atoms with van der Waals surface area (Å²) in [4.78, 5) is 26.6. The van der Waals surface area contributed by atoms with Crippen LogP contribution in [-0.4, -0.2) is 45.6 Å². The SMILES string of the molecule is CCCCN1C=C(C(=O)OCC)[C@@]2(O)C(=O)c3ccccc3[C@@]12O. The van der Waals surface area contributed by atoms with Crippen LogP contribution >= 0.6 is 0 Å². The molecule has 2 N–H and O–H groups in total. The van der Waals surface area contributed by atoms with E-state index in [1.807, 2.05) is 6.92 Å². The Balaban J connectivity index is 2.17. The summed E-state index contributed by atoms with van der Waals surface area (Å²) in [7, 11) is 0. The van der Waals surface area contributed by atoms with E-state index in [0.717, 1.165) is 12.8 Å². The molecule has 0 saturated carbocycles. The van der Waals surface area contributed by atoms with Crippen LogP contribution in [0.3, 0.4) is 0 Å². The number of carbonyl (C=O) groups is 2. The third-order valence-corrected chi connectivity index (χ3v) is 4.72. The molecular formula is C18H21NO5. The molecule has 2 atom stereocenters. The van der Waals surface area contributed by atoms with Gasteiger partial charge in [0, 0.05) is 23.9 Å². The maximum atomic E-state index is 12.9. The van der Waals surface area contributed by atoms with Crippen molar-refractivity contribution in [1.82, 2.24) is 4.90 Å². The minimum absolute atomic E-state index is 0.112. The topological polar surface area (TPSA) is 87.1 Å². The number of hydrogen-bond donors (Lipinski definition) is 2. The number of fused-ring (bicyclic) bond motifs is 3. The zero-order chi connectivity index (χ0) is 17.5. The van der Waals surface area contributed by atoms with Crippen LogP contribution in [0.2, 0.25) is 0 Å². The largest absolute Gasteiger partial charge is 0.462 e. The summed E-state index contributed by atoms with van der Waals surface area (Å²) in [5, 5.41) is 22.6. The number of ether oxygens (including phenoxy) is 1. The van der Waals surface area contributed by atoms with E-state index in [9.17, 15) is 19.8 Å². The summed E-state index contributed by atoms with van der Waals surface area (Å²) >= 11 is 0. The quantitative estimate of drug-likeness (QED) is 0.792. The fourth-order valence-electron chi connectivity index (χ4n) is 3.51. The van der Waals surface area contributed by atoms with Gasteiger partial charge in [0.1, 0.15) is 0 Å². The highest BCUT2D eigenvalue weighted by Gasteiger charge is 2.71. The first-order valence-electron chi connectivity index (χ1n) is 8.18. The van der Waals surface area contributed by atoms with Crippen molar-refractivity contribution in [3.8, 4) is 0 Å². The molecule has 1 aromatic carbocycles. The fraction of sp³-hybridized carbons (Fsp3) is 0.444. The minimum atomic E-state index is -2.35. The van der Waals surface area contributed by atoms with E-state index in [1.165, 1.54) is 11.1 Å². The first kappa shape index (κ1) is 16.7. The Kier molecular flexibility index (Phi) is 3.97. The minimum Gasteiger partial charge on any atom is -0.462 e. The highest BCUT2D eigenvalue weighted by Crippen LogP contribution is 2.54. The molecule has 1 aliphatic carbocycles. The molecule has 2 aliphatic rings. The van der Waals surface area contributed by atoms with Gasteiger partial charge in [-0.25, -0.2) is 4.79 Å². The van der Waals surface area contributed by atoms with Crippen molar-refractivity contribution >= 4 is 11.8 Å². The first-order valence-corrected chi connectivity index (χ1v) is 8.18. The van der Waals surface area contributed by atoms with Gasteiger partial charge in [0.25, 0.3) is 0 Å². The number of esters is 1. The molecule has 6 heteroatoms. The molecule has 3 rings (SSSR count). The van der Waals surface area contributed by atoms with Gasteiger partial charge in [-0.2, -0.15) is 0 Å². The highest BCUT2D eigenvalue weighted by atomic mass is 16.5. The Hall–Kier alpha value is -2.18. The van der Waals surface area contributed by atoms with Gasteiger partial charge in [0.05, 0.1) is 12.2 Å². The van der Waals surface area contributed by atoms with Gasteiger partial charge in [0.2, 0.25) is 17.1 Å². The van der Waals surface area contributed by atoms with Crippen LogP contribution in [0.15, 0.2) is 36.0 Å². The third-order valence-electron chi connectivity index (χ3n) is 4.72. The highest BCUT2D eigenvalue weighted by molar-refractivity contribution is 6.16. The number of aliphatic hydroxyl groups is 2. The fourth-order valence-corrected chi connectivity index (χ4v) is 3.51. The standard InChI is InChI=1S/C18H21NO5/c1-3-5-10-19-11-14(16(21)24-4-2)17(22)15(20)12-8-6-7-9-13(12)18(17,19)23/h6-9,11,22-23H,3-5,10H2,1-2H3/t17-,18+/m1/s1. The van der Waals surface area contributed by atoms with E-state index in [1.54, 1.807) is 31.2 Å². The average molecular weight is 331 g/mol. The lowest BCUT2D eigenvalue weighted by Gasteiger charge is -2.39. The summed E-state index contributed by atoms with van der Waals surface area (Å²) in [6.07, 6.45) is 2.96. The molecular weight excluding hydrogens is 310 g/mol. The monoisotopic (exact) mass is 331 g/mol. The van der Waals surface area contributed by atoms with Crippen molar-refractivity contribution in [3.05, 3.63) is 47.2 Å². The van der Waals surface area contributed by atoms with Crippen molar-refractivity contribution in [2.75, 3.05) is 13.2 Å². The summed E-state index contributed by atoms with van der Waals surface area (Å²) in [6, 6.07) is 6.50. The van der Waals surface area contributed by atoms with E-state index in [2.05, 4.69) is 0 Å². The van der Waals surface area contributed by atoms with E-state index < -0.39 is 23.1 Å². The predicted octanol–water partition coefficient (Wildman–Crippen LogP) is 1.32. The summed E-state index contributed by atoms with van der Waals surface area (Å²) in [6.45, 7) is 4.15. The third kappa shape index (κ3) is 1.90. The van der Waals surface area contributed by atoms with Gasteiger partial charge in [-0.05, 0) is 13.3 Å². The van der Waals surface area contributed by atoms with E-state index in [4.69, 9.17) is 4.74 Å². The maximum absolute atomic E-state index is 12.9. The van der Waals surface area contributed by atoms with Gasteiger partial charge < -0.3 is 19.8 Å². The molecule has 24 heavy (non-hydrogen) atoms. The zero-order valence-electron chi connectivity index (χ0n) is 13.8. The zero-order valence-corrected chi connectivity index (χ0v) is 13.8. The molecule has 0 aromatic heterocycles. The van der Waals surface area contributed by atoms with Crippen LogP contribution in [0.1, 0.15) is 42.6 Å². The van der Waals surface area contributed by atoms with Gasteiger partial charge in [0.15, 0.2) is 0 Å². The number of rotatable bonds is 5. The Morgan fingerprint density at radius 2 is 1.96 bits per heavy atom. The molecule has 0 radical (unpaired) electrons. The molecule has 0 amide bonds. The van der Waals surface area contributed by atoms with Crippen LogP contribution < -0.4 is 0 Å². The number of benzene rings is 1. The van der Waals surface area contributed by atoms with Gasteiger partial charge in [-0.3, -0.25) is 4.79 Å². The molecule has 0 spiro atoms. The van der Waals surface area contributed by atoms with Crippen molar-refractivity contribution in [3.63, 3.8) is 0 Å². The second-order valence-electron chi connectivity index (χ2n) is 6.07. The van der Waals surface area contributed by atoms with E-state index >= 15 is 0 Å². The van der Waals surface area contributed by atoms with Crippen LogP contribution in [0, 0.1) is 0 Å². The summed E-state index contributed by atoms with van der Waals surface area (Å²) in [5.41, 5.74) is -4.03. The Morgan fingerprint density at radius 1 is 1.25 bits per heavy atom. The number of nitrogens with zero attached hydrogens (tertiary/aromatic N) is 1. The summed E-state index contributed by atoms with van der Waals surface area (Å²) < 4.78 is 4.99. The molecule has 0 bridgehead atoms. The van der Waals surface area contributed by atoms with Crippen molar-refractivity contribution in [2.24, 2.45) is 0 Å². The summed E-state index contributed by atoms with van der Waals surface area (Å²) in [5.74, 6) is -1.47. The maximum Gasteiger partial charge on any atom is 0.339 e. The van der Waals surface area contributed by atoms with Crippen molar-refractivity contribution < 1.29 is 24.5 Å². The van der Waals surface area contributed by atoms with Crippen LogP contribution in [0.25, 0.3) is 0 Å². The van der Waals surface area contributed by atoms with Gasteiger partial charge in [-0.15, -0.1) is 0 Å². The molecule has 0 saturated heterocycles. The van der Waals surface area contributed by atoms with Gasteiger partial charge in [-0.1, -0.05) is 37.6 Å². The number of unbranched alkanes of at least 4 members (excludes halogenated alkanes) is 1. The predicted molar refractivity (Wildman–Crippen MR) is 85.9 cm³/mol. The number of Topliss-reactive ketones (excluding diaryl/α,β-unsaturated/α-hetero) is 1. The normalized spacial score (nSPS) is 27.8. The van der Waals surface area contributed by atoms with E-state index in [-0.39, 0.29) is 17.7 Å². The van der Waals surface area contributed by atoms with Gasteiger partial charge >= 0.3 is 5.97 Å². The molecule has 0 fully saturated rings. The lowest BCUT2D eigenvalue weighted by molar-refractivity contribution is -0.173. The van der Waals surface area contributed by atoms with Crippen LogP contribution in [-0.2, 0) is 15.3 Å². The first-order chi connectivity index (χ1) is 11.4. The molecule has 6 nitrogen and oxygen atoms in total. The smallest absolute Gasteiger partial charge is 0.339 e. The Morgan fingerprint density at radius 3 is 2.62 bits per heavy atom. The second kappa shape index (κ2) is 5.72. The number of ketones is 1. The van der Waals surface area contributed by atoms with Crippen molar-refractivity contribution in [1.29, 1.82) is 0 Å². The Labute approximate surface area is 140 Å². The Bertz CT molecular complexity index is 728. The molecule has 1 aromatic rings. The molecule has 1 heterocycles. The molecule has 128 valence electrons. The number of hydrogen-bond acceptors (Lipinski definition) is 6. The second-order valence-corrected chi connectivity index (χ2v) is 6.07. The number of carbonyl (C=O) groups excluding carboxylic acids is 2. The van der Waals surface area contributed by atoms with Crippen LogP contribution in [0.4, 0.5) is 0 Å². The molecule has 0 unspecified atom stereocenters. The van der Waals surface area contributed by atoms with Crippen molar-refractivity contribution in [2.45, 2.75) is 38.0 Å². The molecule has 1 aliphatic heterocycles. The average Bonchev–Trinajstić information content (AvgIpc) is 2.91. The van der Waals surface area contributed by atoms with E-state index in [0.29, 0.717) is 12.1 Å². The van der Waals surface area contributed by atoms with Crippen LogP contribution in [0.5, 0.6) is 0 Å². The lowest BCUT2D eigenvalue weighted by atomic mass is 9.85. The lowest BCUT2D eigenvalue weighted by Crippen LogP contribution is -2.57.